The van der Waals surface area contributed by atoms with Crippen molar-refractivity contribution in [2.45, 2.75) is 9.79 Å². The number of azo groups is 2. The molecule has 0 amide bonds. The summed E-state index contributed by atoms with van der Waals surface area (Å²) in [6.07, 6.45) is 0. The van der Waals surface area contributed by atoms with Gasteiger partial charge in [0.2, 0.25) is 0 Å². The third-order valence-corrected chi connectivity index (χ3v) is 8.31. The fourth-order valence-corrected chi connectivity index (χ4v) is 5.62. The van der Waals surface area contributed by atoms with Crippen molar-refractivity contribution in [3.8, 4) is 5.75 Å². The van der Waals surface area contributed by atoms with Crippen molar-refractivity contribution in [1.82, 2.24) is 0 Å². The van der Waals surface area contributed by atoms with Crippen LogP contribution in [0.1, 0.15) is 20.7 Å². The lowest BCUT2D eigenvalue weighted by Gasteiger charge is -2.22. The smallest absolute Gasteiger partial charge is 0.335 e. The third-order valence-electron chi connectivity index (χ3n) is 6.55. The molecule has 16 nitrogen and oxygen atoms in total. The SMILES string of the molecule is Nc1ccc2cc(S(O)(O)O)c(N=Nc3ccc(N=Nc4cc(C(=O)O)cc(C(=O)O)c4)c4ccc(S(=O)(=O)O)cc34)c(O)c2c1. The van der Waals surface area contributed by atoms with Gasteiger partial charge < -0.3 is 34.7 Å². The summed E-state index contributed by atoms with van der Waals surface area (Å²) in [5.74, 6) is -3.40. The van der Waals surface area contributed by atoms with Crippen molar-refractivity contribution >= 4 is 82.9 Å². The lowest BCUT2D eigenvalue weighted by molar-refractivity contribution is 0.0696. The predicted molar refractivity (Wildman–Crippen MR) is 166 cm³/mol. The van der Waals surface area contributed by atoms with E-state index < -0.39 is 54.2 Å². The number of carbonyl (C=O) groups is 2. The Balaban J connectivity index is 1.68. The van der Waals surface area contributed by atoms with Gasteiger partial charge in [-0.2, -0.15) is 13.5 Å². The first-order chi connectivity index (χ1) is 21.5. The minimum atomic E-state index is -4.72. The van der Waals surface area contributed by atoms with Gasteiger partial charge in [0.05, 0.1) is 38.0 Å². The van der Waals surface area contributed by atoms with Gasteiger partial charge in [-0.25, -0.2) is 9.59 Å². The Kier molecular flexibility index (Phi) is 8.17. The molecule has 5 rings (SSSR count). The summed E-state index contributed by atoms with van der Waals surface area (Å²) in [7, 11) is -9.16. The van der Waals surface area contributed by atoms with E-state index in [0.717, 1.165) is 30.3 Å². The summed E-state index contributed by atoms with van der Waals surface area (Å²) in [5.41, 5.74) is 4.71. The molecule has 0 aliphatic rings. The van der Waals surface area contributed by atoms with Crippen LogP contribution in [0.3, 0.4) is 0 Å². The molecule has 9 N–H and O–H groups in total. The van der Waals surface area contributed by atoms with Crippen LogP contribution in [0.5, 0.6) is 5.75 Å². The zero-order chi connectivity index (χ0) is 33.6. The molecule has 0 radical (unpaired) electrons. The van der Waals surface area contributed by atoms with Gasteiger partial charge in [0.1, 0.15) is 16.6 Å². The average Bonchev–Trinajstić information content (AvgIpc) is 2.98. The van der Waals surface area contributed by atoms with Crippen LogP contribution >= 0.6 is 10.9 Å². The Bertz CT molecular complexity index is 2230. The Morgan fingerprint density at radius 2 is 1.26 bits per heavy atom. The Hall–Kier alpha value is -5.50. The summed E-state index contributed by atoms with van der Waals surface area (Å²) >= 11 is 0. The van der Waals surface area contributed by atoms with Crippen LogP contribution in [0, 0.1) is 0 Å². The Morgan fingerprint density at radius 1 is 0.652 bits per heavy atom. The average molecular weight is 668 g/mol. The molecule has 0 aliphatic carbocycles. The normalized spacial score (nSPS) is 12.8. The van der Waals surface area contributed by atoms with E-state index in [9.17, 15) is 51.5 Å². The molecule has 0 saturated heterocycles. The number of carboxylic acids is 2. The number of phenols is 1. The number of hydrogen-bond donors (Lipinski definition) is 8. The number of hydrogen-bond acceptors (Lipinski definition) is 13. The van der Waals surface area contributed by atoms with Crippen molar-refractivity contribution in [1.29, 1.82) is 0 Å². The van der Waals surface area contributed by atoms with Crippen LogP contribution in [0.4, 0.5) is 28.4 Å². The quantitative estimate of drug-likeness (QED) is 0.0458. The highest BCUT2D eigenvalue weighted by Crippen LogP contribution is 2.54. The first-order valence-corrected chi connectivity index (χ1v) is 15.5. The van der Waals surface area contributed by atoms with Gasteiger partial charge in [0.25, 0.3) is 10.1 Å². The minimum absolute atomic E-state index is 0.0162. The number of aromatic hydroxyl groups is 1. The van der Waals surface area contributed by atoms with Crippen LogP contribution in [0.2, 0.25) is 0 Å². The molecule has 5 aromatic rings. The van der Waals surface area contributed by atoms with Crippen LogP contribution in [0.25, 0.3) is 21.5 Å². The summed E-state index contributed by atoms with van der Waals surface area (Å²) in [4.78, 5) is 21.8. The zero-order valence-corrected chi connectivity index (χ0v) is 24.5. The molecular formula is C28H21N5O11S2. The van der Waals surface area contributed by atoms with Crippen LogP contribution < -0.4 is 5.73 Å². The third kappa shape index (κ3) is 6.47. The fraction of sp³-hybridized carbons (Fsp3) is 0. The number of aromatic carboxylic acids is 2. The molecule has 5 aromatic carbocycles. The van der Waals surface area contributed by atoms with E-state index in [1.807, 2.05) is 0 Å². The topological polar surface area (TPSA) is 285 Å². The van der Waals surface area contributed by atoms with Crippen molar-refractivity contribution in [2.24, 2.45) is 20.5 Å². The molecule has 0 fully saturated rings. The summed E-state index contributed by atoms with van der Waals surface area (Å²) in [6.45, 7) is 0. The first kappa shape index (κ1) is 31.9. The van der Waals surface area contributed by atoms with E-state index in [-0.39, 0.29) is 55.4 Å². The lowest BCUT2D eigenvalue weighted by Crippen LogP contribution is -2.01. The van der Waals surface area contributed by atoms with E-state index in [4.69, 9.17) is 5.73 Å². The second-order valence-electron chi connectivity index (χ2n) is 9.64. The second-order valence-corrected chi connectivity index (χ2v) is 12.5. The van der Waals surface area contributed by atoms with Gasteiger partial charge in [-0.05, 0) is 66.0 Å². The molecule has 0 saturated carbocycles. The van der Waals surface area contributed by atoms with Crippen molar-refractivity contribution in [2.75, 3.05) is 5.73 Å². The highest BCUT2D eigenvalue weighted by Gasteiger charge is 2.25. The van der Waals surface area contributed by atoms with Crippen LogP contribution in [-0.4, -0.2) is 53.9 Å². The predicted octanol–water partition coefficient (Wildman–Crippen LogP) is 7.34. The van der Waals surface area contributed by atoms with Gasteiger partial charge in [0, 0.05) is 21.8 Å². The largest absolute Gasteiger partial charge is 0.505 e. The number of rotatable bonds is 8. The molecule has 18 heteroatoms. The maximum atomic E-state index is 11.9. The fourth-order valence-electron chi connectivity index (χ4n) is 4.43. The summed E-state index contributed by atoms with van der Waals surface area (Å²) in [6, 6.07) is 14.6. The standard InChI is InChI=1S/C28H21N5O11S2/c29-16-2-1-13-10-24(46(42,43)44)25(26(34)20(13)11-16)33-32-23-6-5-22(19-4-3-18(12-21(19)23)45(39,40)41)31-30-17-8-14(27(35)36)7-15(9-17)28(37)38/h1-12,34,42-44H,29H2,(H,35,36)(H,37,38)(H,39,40,41). The molecule has 0 aromatic heterocycles. The number of fused-ring (bicyclic) bond motifs is 2. The highest BCUT2D eigenvalue weighted by molar-refractivity contribution is 8.19. The summed E-state index contributed by atoms with van der Waals surface area (Å²) in [5, 5.41) is 46.2. The monoisotopic (exact) mass is 667 g/mol. The van der Waals surface area contributed by atoms with Gasteiger partial charge in [-0.3, -0.25) is 4.55 Å². The minimum Gasteiger partial charge on any atom is -0.505 e. The molecular weight excluding hydrogens is 646 g/mol. The van der Waals surface area contributed by atoms with E-state index in [1.54, 1.807) is 0 Å². The summed E-state index contributed by atoms with van der Waals surface area (Å²) < 4.78 is 63.7. The number of phenolic OH excluding ortho intramolecular Hbond substituents is 1. The number of nitrogens with two attached hydrogens (primary N) is 1. The number of benzene rings is 5. The van der Waals surface area contributed by atoms with Crippen LogP contribution in [-0.2, 0) is 10.1 Å². The number of nitrogen functional groups attached to an aromatic ring is 1. The molecule has 0 heterocycles. The maximum absolute atomic E-state index is 11.9. The van der Waals surface area contributed by atoms with Crippen molar-refractivity contribution < 1.29 is 51.5 Å². The van der Waals surface area contributed by atoms with Gasteiger partial charge in [-0.1, -0.05) is 12.1 Å². The van der Waals surface area contributed by atoms with E-state index in [1.165, 1.54) is 42.5 Å². The Labute approximate surface area is 259 Å². The zero-order valence-electron chi connectivity index (χ0n) is 22.9. The molecule has 236 valence electrons. The molecule has 0 spiro atoms. The van der Waals surface area contributed by atoms with Crippen molar-refractivity contribution in [3.05, 3.63) is 83.9 Å². The molecule has 46 heavy (non-hydrogen) atoms. The molecule has 0 unspecified atom stereocenters. The molecule has 0 bridgehead atoms. The second kappa shape index (κ2) is 11.8. The first-order valence-electron chi connectivity index (χ1n) is 12.6. The highest BCUT2D eigenvalue weighted by atomic mass is 32.3. The number of carboxylic acid groups (broad SMARTS) is 2. The van der Waals surface area contributed by atoms with E-state index in [0.29, 0.717) is 0 Å². The van der Waals surface area contributed by atoms with Gasteiger partial charge in [-0.15, -0.1) is 15.3 Å². The number of anilines is 1. The van der Waals surface area contributed by atoms with Crippen molar-refractivity contribution in [3.63, 3.8) is 0 Å². The molecule has 0 aliphatic heterocycles. The van der Waals surface area contributed by atoms with Gasteiger partial charge >= 0.3 is 11.9 Å². The Morgan fingerprint density at radius 3 is 1.85 bits per heavy atom. The van der Waals surface area contributed by atoms with Gasteiger partial charge in [0.15, 0.2) is 5.75 Å². The van der Waals surface area contributed by atoms with E-state index in [2.05, 4.69) is 20.5 Å². The van der Waals surface area contributed by atoms with Crippen LogP contribution in [0.15, 0.2) is 103 Å². The lowest BCUT2D eigenvalue weighted by atomic mass is 10.1. The number of nitrogens with zero attached hydrogens (tertiary/aromatic N) is 4. The maximum Gasteiger partial charge on any atom is 0.335 e. The van der Waals surface area contributed by atoms with E-state index >= 15 is 0 Å². The molecule has 0 atom stereocenters.